The standard InChI is InChI=1S/C13H24N2O3/c1-10(2)17-9-13-6-4-8-15(13)11(5-7-13)18-12(16)14-3/h10-11H,4-9H2,1-3H3,(H,14,16)/t11-,13+/m0/s1. The second-order valence-electron chi connectivity index (χ2n) is 5.53. The highest BCUT2D eigenvalue weighted by Gasteiger charge is 2.50. The molecule has 5 nitrogen and oxygen atoms in total. The van der Waals surface area contributed by atoms with Gasteiger partial charge in [0.05, 0.1) is 12.7 Å². The number of nitrogens with one attached hydrogen (secondary N) is 1. The number of carbonyl (C=O) groups is 1. The van der Waals surface area contributed by atoms with Gasteiger partial charge < -0.3 is 14.8 Å². The van der Waals surface area contributed by atoms with E-state index in [-0.39, 0.29) is 24.0 Å². The van der Waals surface area contributed by atoms with Crippen LogP contribution in [-0.4, -0.2) is 49.1 Å². The van der Waals surface area contributed by atoms with Gasteiger partial charge in [-0.25, -0.2) is 4.79 Å². The molecule has 1 amide bonds. The summed E-state index contributed by atoms with van der Waals surface area (Å²) in [6, 6.07) is 0. The molecule has 0 aromatic rings. The highest BCUT2D eigenvalue weighted by atomic mass is 16.6. The first-order valence-corrected chi connectivity index (χ1v) is 6.84. The van der Waals surface area contributed by atoms with Crippen molar-refractivity contribution in [2.75, 3.05) is 20.2 Å². The Hall–Kier alpha value is -0.810. The average Bonchev–Trinajstić information content (AvgIpc) is 2.87. The van der Waals surface area contributed by atoms with Crippen LogP contribution in [0.25, 0.3) is 0 Å². The maximum atomic E-state index is 11.3. The third-order valence-electron chi connectivity index (χ3n) is 3.99. The number of nitrogens with zero attached hydrogens (tertiary/aromatic N) is 1. The Morgan fingerprint density at radius 2 is 2.28 bits per heavy atom. The van der Waals surface area contributed by atoms with E-state index >= 15 is 0 Å². The maximum absolute atomic E-state index is 11.3. The van der Waals surface area contributed by atoms with Gasteiger partial charge in [-0.3, -0.25) is 4.90 Å². The predicted molar refractivity (Wildman–Crippen MR) is 68.3 cm³/mol. The number of rotatable bonds is 4. The molecule has 2 saturated heterocycles. The molecular weight excluding hydrogens is 232 g/mol. The Labute approximate surface area is 109 Å². The molecule has 0 radical (unpaired) electrons. The molecule has 0 aromatic carbocycles. The summed E-state index contributed by atoms with van der Waals surface area (Å²) in [5.74, 6) is 0. The van der Waals surface area contributed by atoms with Crippen molar-refractivity contribution in [1.82, 2.24) is 10.2 Å². The number of fused-ring (bicyclic) bond motifs is 1. The van der Waals surface area contributed by atoms with Crippen molar-refractivity contribution >= 4 is 6.09 Å². The highest BCUT2D eigenvalue weighted by Crippen LogP contribution is 2.43. The molecule has 0 bridgehead atoms. The smallest absolute Gasteiger partial charge is 0.408 e. The highest BCUT2D eigenvalue weighted by molar-refractivity contribution is 5.66. The van der Waals surface area contributed by atoms with Crippen LogP contribution in [-0.2, 0) is 9.47 Å². The minimum absolute atomic E-state index is 0.0804. The summed E-state index contributed by atoms with van der Waals surface area (Å²) in [6.45, 7) is 5.87. The van der Waals surface area contributed by atoms with Crippen molar-refractivity contribution < 1.29 is 14.3 Å². The van der Waals surface area contributed by atoms with Gasteiger partial charge >= 0.3 is 6.09 Å². The van der Waals surface area contributed by atoms with Gasteiger partial charge in [0.25, 0.3) is 0 Å². The van der Waals surface area contributed by atoms with E-state index in [2.05, 4.69) is 24.1 Å². The van der Waals surface area contributed by atoms with Crippen molar-refractivity contribution in [3.8, 4) is 0 Å². The first-order valence-electron chi connectivity index (χ1n) is 6.84. The van der Waals surface area contributed by atoms with Crippen molar-refractivity contribution in [3.63, 3.8) is 0 Å². The summed E-state index contributed by atoms with van der Waals surface area (Å²) in [7, 11) is 1.59. The van der Waals surface area contributed by atoms with Crippen LogP contribution in [0.15, 0.2) is 0 Å². The number of hydrogen-bond acceptors (Lipinski definition) is 4. The topological polar surface area (TPSA) is 50.8 Å². The fourth-order valence-corrected chi connectivity index (χ4v) is 3.08. The lowest BCUT2D eigenvalue weighted by atomic mass is 9.95. The van der Waals surface area contributed by atoms with Gasteiger partial charge in [0.2, 0.25) is 0 Å². The summed E-state index contributed by atoms with van der Waals surface area (Å²) in [5.41, 5.74) is 0.100. The zero-order chi connectivity index (χ0) is 13.2. The van der Waals surface area contributed by atoms with Crippen LogP contribution in [0, 0.1) is 0 Å². The van der Waals surface area contributed by atoms with Crippen LogP contribution in [0.5, 0.6) is 0 Å². The van der Waals surface area contributed by atoms with E-state index in [9.17, 15) is 4.79 Å². The molecule has 18 heavy (non-hydrogen) atoms. The van der Waals surface area contributed by atoms with Crippen LogP contribution in [0.4, 0.5) is 4.79 Å². The molecule has 0 spiro atoms. The van der Waals surface area contributed by atoms with Crippen LogP contribution in [0.2, 0.25) is 0 Å². The minimum Gasteiger partial charge on any atom is -0.430 e. The van der Waals surface area contributed by atoms with Crippen LogP contribution >= 0.6 is 0 Å². The van der Waals surface area contributed by atoms with Crippen molar-refractivity contribution in [3.05, 3.63) is 0 Å². The molecule has 2 heterocycles. The van der Waals surface area contributed by atoms with Crippen molar-refractivity contribution in [2.45, 2.75) is 57.4 Å². The van der Waals surface area contributed by atoms with E-state index in [1.807, 2.05) is 0 Å². The van der Waals surface area contributed by atoms with Gasteiger partial charge in [-0.05, 0) is 33.1 Å². The number of alkyl carbamates (subject to hydrolysis) is 1. The molecule has 2 fully saturated rings. The van der Waals surface area contributed by atoms with Crippen molar-refractivity contribution in [1.29, 1.82) is 0 Å². The molecule has 5 heteroatoms. The van der Waals surface area contributed by atoms with E-state index in [4.69, 9.17) is 9.47 Å². The third-order valence-corrected chi connectivity index (χ3v) is 3.99. The summed E-state index contributed by atoms with van der Waals surface area (Å²) < 4.78 is 11.2. The van der Waals surface area contributed by atoms with Gasteiger partial charge in [-0.15, -0.1) is 0 Å². The Bertz CT molecular complexity index is 309. The molecule has 0 unspecified atom stereocenters. The van der Waals surface area contributed by atoms with E-state index in [1.54, 1.807) is 7.05 Å². The van der Waals surface area contributed by atoms with E-state index in [0.717, 1.165) is 38.8 Å². The fourth-order valence-electron chi connectivity index (χ4n) is 3.08. The lowest BCUT2D eigenvalue weighted by Crippen LogP contribution is -2.47. The average molecular weight is 256 g/mol. The Balaban J connectivity index is 1.97. The molecule has 2 aliphatic heterocycles. The van der Waals surface area contributed by atoms with Gasteiger partial charge in [0.15, 0.2) is 6.23 Å². The first-order chi connectivity index (χ1) is 8.57. The number of amides is 1. The van der Waals surface area contributed by atoms with E-state index in [1.165, 1.54) is 0 Å². The van der Waals surface area contributed by atoms with E-state index < -0.39 is 0 Å². The molecule has 1 N–H and O–H groups in total. The van der Waals surface area contributed by atoms with Crippen LogP contribution in [0.3, 0.4) is 0 Å². The zero-order valence-corrected chi connectivity index (χ0v) is 11.6. The summed E-state index contributed by atoms with van der Waals surface area (Å²) in [5, 5.41) is 2.52. The zero-order valence-electron chi connectivity index (χ0n) is 11.6. The second-order valence-corrected chi connectivity index (χ2v) is 5.53. The monoisotopic (exact) mass is 256 g/mol. The Kier molecular flexibility index (Phi) is 4.12. The predicted octanol–water partition coefficient (Wildman–Crippen LogP) is 1.72. The number of ether oxygens (including phenoxy) is 2. The van der Waals surface area contributed by atoms with Gasteiger partial charge in [-0.2, -0.15) is 0 Å². The minimum atomic E-state index is -0.340. The largest absolute Gasteiger partial charge is 0.430 e. The Morgan fingerprint density at radius 3 is 2.94 bits per heavy atom. The first kappa shape index (κ1) is 13.6. The Morgan fingerprint density at radius 1 is 1.50 bits per heavy atom. The maximum Gasteiger partial charge on any atom is 0.408 e. The molecule has 2 rings (SSSR count). The number of carbonyl (C=O) groups excluding carboxylic acids is 1. The molecular formula is C13H24N2O3. The quantitative estimate of drug-likeness (QED) is 0.832. The third kappa shape index (κ3) is 2.62. The van der Waals surface area contributed by atoms with Crippen LogP contribution in [0.1, 0.15) is 39.5 Å². The lowest BCUT2D eigenvalue weighted by Gasteiger charge is -2.34. The summed E-state index contributed by atoms with van der Waals surface area (Å²) >= 11 is 0. The van der Waals surface area contributed by atoms with Gasteiger partial charge in [0.1, 0.15) is 0 Å². The molecule has 104 valence electrons. The normalized spacial score (nSPS) is 31.7. The van der Waals surface area contributed by atoms with Gasteiger partial charge in [0, 0.05) is 25.6 Å². The van der Waals surface area contributed by atoms with E-state index in [0.29, 0.717) is 0 Å². The number of hydrogen-bond donors (Lipinski definition) is 1. The SMILES string of the molecule is CNC(=O)O[C@H]1CC[C@@]2(COC(C)C)CCCN12. The van der Waals surface area contributed by atoms with Crippen LogP contribution < -0.4 is 5.32 Å². The fraction of sp³-hybridized carbons (Fsp3) is 0.923. The van der Waals surface area contributed by atoms with Gasteiger partial charge in [-0.1, -0.05) is 0 Å². The molecule has 0 aliphatic carbocycles. The molecule has 2 aliphatic rings. The molecule has 2 atom stereocenters. The molecule has 0 saturated carbocycles. The summed E-state index contributed by atoms with van der Waals surface area (Å²) in [4.78, 5) is 13.7. The van der Waals surface area contributed by atoms with Crippen molar-refractivity contribution in [2.24, 2.45) is 0 Å². The second kappa shape index (κ2) is 5.45. The lowest BCUT2D eigenvalue weighted by molar-refractivity contribution is -0.0503. The summed E-state index contributed by atoms with van der Waals surface area (Å²) in [6.07, 6.45) is 4.11. The molecule has 0 aromatic heterocycles.